The fraction of sp³-hybridized carbons (Fsp3) is 0.421. The van der Waals surface area contributed by atoms with Gasteiger partial charge in [0, 0.05) is 13.1 Å². The van der Waals surface area contributed by atoms with Gasteiger partial charge in [-0.25, -0.2) is 15.0 Å². The van der Waals surface area contributed by atoms with Gasteiger partial charge in [-0.3, -0.25) is 4.79 Å². The van der Waals surface area contributed by atoms with Gasteiger partial charge in [-0.05, 0) is 31.1 Å². The van der Waals surface area contributed by atoms with Crippen molar-refractivity contribution in [3.05, 3.63) is 30.2 Å². The molecule has 10 heteroatoms. The van der Waals surface area contributed by atoms with E-state index in [4.69, 9.17) is 4.52 Å². The van der Waals surface area contributed by atoms with Crippen LogP contribution in [-0.2, 0) is 4.79 Å². The van der Waals surface area contributed by atoms with Crippen LogP contribution < -0.4 is 5.32 Å². The summed E-state index contributed by atoms with van der Waals surface area (Å²) in [6.45, 7) is 1.46. The molecule has 0 spiro atoms. The number of carbonyl (C=O) groups excluding carboxylic acids is 1. The van der Waals surface area contributed by atoms with Crippen molar-refractivity contribution in [1.82, 2.24) is 24.7 Å². The van der Waals surface area contributed by atoms with E-state index in [0.717, 1.165) is 0 Å². The molecule has 0 radical (unpaired) electrons. The molecule has 148 valence electrons. The highest BCUT2D eigenvalue weighted by Crippen LogP contribution is 2.68. The number of nitrogens with one attached hydrogen (secondary N) is 1. The standard InChI is InChI=1S/C19H18N6O4/c1-9(26)19-7-11(19)14(15(27)16(19)28)25-8-21-13-17(20-2)23-12(24-18(13)25)4-3-10-5-6-22-29-10/h5-6,8,11,14-16,27-28H,7H2,1-2H3,(H,20,23,24)/t11?,14-,15+,16?,19-/m1/s1. The van der Waals surface area contributed by atoms with Crippen LogP contribution in [0, 0.1) is 23.2 Å². The van der Waals surface area contributed by atoms with Crippen molar-refractivity contribution in [2.75, 3.05) is 12.4 Å². The lowest BCUT2D eigenvalue weighted by Crippen LogP contribution is -2.36. The van der Waals surface area contributed by atoms with Gasteiger partial charge in [-0.15, -0.1) is 0 Å². The van der Waals surface area contributed by atoms with Crippen LogP contribution in [0.5, 0.6) is 0 Å². The smallest absolute Gasteiger partial charge is 0.210 e. The average Bonchev–Trinajstić information content (AvgIpc) is 3.00. The van der Waals surface area contributed by atoms with Crippen LogP contribution in [0.3, 0.4) is 0 Å². The van der Waals surface area contributed by atoms with Gasteiger partial charge in [-0.1, -0.05) is 5.16 Å². The molecule has 5 rings (SSSR count). The van der Waals surface area contributed by atoms with E-state index in [1.165, 1.54) is 13.1 Å². The van der Waals surface area contributed by atoms with Crippen LogP contribution in [0.15, 0.2) is 23.1 Å². The zero-order valence-corrected chi connectivity index (χ0v) is 15.7. The molecule has 0 bridgehead atoms. The summed E-state index contributed by atoms with van der Waals surface area (Å²) in [7, 11) is 1.71. The number of Topliss-reactive ketones (excluding diaryl/α,β-unsaturated/α-hetero) is 1. The van der Waals surface area contributed by atoms with E-state index < -0.39 is 23.7 Å². The third kappa shape index (κ3) is 2.41. The molecule has 3 N–H and O–H groups in total. The summed E-state index contributed by atoms with van der Waals surface area (Å²) >= 11 is 0. The second-order valence-electron chi connectivity index (χ2n) is 7.43. The number of nitrogens with zero attached hydrogens (tertiary/aromatic N) is 5. The van der Waals surface area contributed by atoms with Crippen molar-refractivity contribution in [2.45, 2.75) is 31.6 Å². The van der Waals surface area contributed by atoms with Crippen LogP contribution >= 0.6 is 0 Å². The van der Waals surface area contributed by atoms with Gasteiger partial charge in [0.25, 0.3) is 0 Å². The maximum atomic E-state index is 12.1. The number of anilines is 1. The summed E-state index contributed by atoms with van der Waals surface area (Å²) in [5.41, 5.74) is 0.100. The van der Waals surface area contributed by atoms with Crippen molar-refractivity contribution in [3.8, 4) is 11.8 Å². The maximum absolute atomic E-state index is 12.1. The Kier molecular flexibility index (Phi) is 3.74. The maximum Gasteiger partial charge on any atom is 0.210 e. The Bertz CT molecular complexity index is 1180. The summed E-state index contributed by atoms with van der Waals surface area (Å²) in [4.78, 5) is 25.4. The van der Waals surface area contributed by atoms with E-state index in [1.54, 1.807) is 24.0 Å². The Hall–Kier alpha value is -3.29. The zero-order chi connectivity index (χ0) is 20.3. The van der Waals surface area contributed by atoms with E-state index in [2.05, 4.69) is 37.3 Å². The highest BCUT2D eigenvalue weighted by atomic mass is 16.5. The zero-order valence-electron chi connectivity index (χ0n) is 15.7. The minimum atomic E-state index is -1.11. The van der Waals surface area contributed by atoms with Gasteiger partial charge in [0.1, 0.15) is 11.9 Å². The molecule has 0 saturated heterocycles. The van der Waals surface area contributed by atoms with E-state index in [9.17, 15) is 15.0 Å². The predicted octanol–water partition coefficient (Wildman–Crippen LogP) is 0.128. The molecular weight excluding hydrogens is 376 g/mol. The van der Waals surface area contributed by atoms with Gasteiger partial charge >= 0.3 is 0 Å². The summed E-state index contributed by atoms with van der Waals surface area (Å²) in [6.07, 6.45) is 1.39. The third-order valence-electron chi connectivity index (χ3n) is 6.04. The molecule has 3 aromatic heterocycles. The minimum Gasteiger partial charge on any atom is -0.389 e. The van der Waals surface area contributed by atoms with E-state index in [1.807, 2.05) is 0 Å². The molecule has 0 amide bonds. The Morgan fingerprint density at radius 3 is 2.86 bits per heavy atom. The molecular formula is C19H18N6O4. The van der Waals surface area contributed by atoms with E-state index in [-0.39, 0.29) is 17.5 Å². The third-order valence-corrected chi connectivity index (χ3v) is 6.04. The number of imidazole rings is 1. The molecule has 0 aliphatic heterocycles. The first-order valence-corrected chi connectivity index (χ1v) is 9.19. The number of hydrogen-bond acceptors (Lipinski definition) is 9. The predicted molar refractivity (Wildman–Crippen MR) is 99.6 cm³/mol. The number of aliphatic hydroxyl groups excluding tert-OH is 2. The minimum absolute atomic E-state index is 0.106. The molecule has 29 heavy (non-hydrogen) atoms. The van der Waals surface area contributed by atoms with Crippen LogP contribution in [-0.4, -0.2) is 59.9 Å². The summed E-state index contributed by atoms with van der Waals surface area (Å²) < 4.78 is 6.68. The number of fused-ring (bicyclic) bond motifs is 2. The molecule has 10 nitrogen and oxygen atoms in total. The van der Waals surface area contributed by atoms with Crippen molar-refractivity contribution in [3.63, 3.8) is 0 Å². The van der Waals surface area contributed by atoms with Crippen molar-refractivity contribution in [2.24, 2.45) is 11.3 Å². The van der Waals surface area contributed by atoms with Crippen molar-refractivity contribution < 1.29 is 19.5 Å². The fourth-order valence-corrected chi connectivity index (χ4v) is 4.53. The van der Waals surface area contributed by atoms with Crippen molar-refractivity contribution >= 4 is 22.8 Å². The second-order valence-corrected chi connectivity index (χ2v) is 7.43. The van der Waals surface area contributed by atoms with Crippen LogP contribution in [0.25, 0.3) is 11.2 Å². The average molecular weight is 394 g/mol. The summed E-state index contributed by atoms with van der Waals surface area (Å²) in [5, 5.41) is 27.8. The normalized spacial score (nSPS) is 29.9. The van der Waals surface area contributed by atoms with Crippen LogP contribution in [0.2, 0.25) is 0 Å². The molecule has 3 heterocycles. The SMILES string of the molecule is CNc1nc(C#Cc2ccno2)nc2c1ncn2[C@@H]1C2C[C@]2(C(C)=O)C(O)[C@H]1O. The molecule has 2 aliphatic rings. The highest BCUT2D eigenvalue weighted by molar-refractivity contribution is 5.88. The van der Waals surface area contributed by atoms with E-state index >= 15 is 0 Å². The van der Waals surface area contributed by atoms with Gasteiger partial charge in [0.2, 0.25) is 11.6 Å². The second kappa shape index (κ2) is 6.10. The fourth-order valence-electron chi connectivity index (χ4n) is 4.53. The van der Waals surface area contributed by atoms with Gasteiger partial charge in [-0.2, -0.15) is 0 Å². The number of rotatable bonds is 3. The lowest BCUT2D eigenvalue weighted by molar-refractivity contribution is -0.128. The Balaban J connectivity index is 1.61. The monoisotopic (exact) mass is 394 g/mol. The number of ketones is 1. The largest absolute Gasteiger partial charge is 0.389 e. The van der Waals surface area contributed by atoms with Crippen LogP contribution in [0.1, 0.15) is 31.0 Å². The Morgan fingerprint density at radius 2 is 2.21 bits per heavy atom. The highest BCUT2D eigenvalue weighted by Gasteiger charge is 2.74. The number of aromatic nitrogens is 5. The first kappa shape index (κ1) is 17.8. The number of aliphatic hydroxyl groups is 2. The lowest BCUT2D eigenvalue weighted by Gasteiger charge is -2.23. The Morgan fingerprint density at radius 1 is 1.38 bits per heavy atom. The molecule has 3 aromatic rings. The Labute approximate surface area is 165 Å². The van der Waals surface area contributed by atoms with Gasteiger partial charge in [0.05, 0.1) is 30.1 Å². The van der Waals surface area contributed by atoms with Gasteiger partial charge < -0.3 is 24.6 Å². The molecule has 5 atom stereocenters. The quantitative estimate of drug-likeness (QED) is 0.529. The number of carbonyl (C=O) groups is 1. The van der Waals surface area contributed by atoms with Crippen molar-refractivity contribution in [1.29, 1.82) is 0 Å². The molecule has 2 aliphatic carbocycles. The summed E-state index contributed by atoms with van der Waals surface area (Å²) in [5.74, 6) is 6.46. The first-order chi connectivity index (χ1) is 14.0. The molecule has 2 fully saturated rings. The summed E-state index contributed by atoms with van der Waals surface area (Å²) in [6, 6.07) is 1.12. The number of hydrogen-bond donors (Lipinski definition) is 3. The first-order valence-electron chi connectivity index (χ1n) is 9.19. The topological polar surface area (TPSA) is 139 Å². The van der Waals surface area contributed by atoms with E-state index in [0.29, 0.717) is 29.2 Å². The lowest BCUT2D eigenvalue weighted by atomic mass is 9.95. The van der Waals surface area contributed by atoms with Crippen LogP contribution in [0.4, 0.5) is 5.82 Å². The molecule has 2 saturated carbocycles. The van der Waals surface area contributed by atoms with Gasteiger partial charge in [0.15, 0.2) is 17.0 Å². The molecule has 2 unspecified atom stereocenters. The molecule has 0 aromatic carbocycles.